The minimum absolute atomic E-state index is 0.471. The van der Waals surface area contributed by atoms with Crippen molar-refractivity contribution < 1.29 is 4.74 Å². The SMILES string of the molecule is c1cc2c(CC3COCCN(Cc4cncs4)C3)nccn2c1. The highest BCUT2D eigenvalue weighted by atomic mass is 32.1. The highest BCUT2D eigenvalue weighted by molar-refractivity contribution is 7.09. The van der Waals surface area contributed by atoms with Gasteiger partial charge in [0.1, 0.15) is 0 Å². The smallest absolute Gasteiger partial charge is 0.0794 e. The predicted molar refractivity (Wildman–Crippen MR) is 90.6 cm³/mol. The molecule has 1 aliphatic rings. The van der Waals surface area contributed by atoms with Gasteiger partial charge in [0, 0.05) is 55.2 Å². The lowest BCUT2D eigenvalue weighted by atomic mass is 10.0. The fourth-order valence-corrected chi connectivity index (χ4v) is 3.86. The minimum Gasteiger partial charge on any atom is -0.380 e. The van der Waals surface area contributed by atoms with E-state index in [1.165, 1.54) is 10.4 Å². The highest BCUT2D eigenvalue weighted by Crippen LogP contribution is 2.19. The van der Waals surface area contributed by atoms with E-state index < -0.39 is 0 Å². The van der Waals surface area contributed by atoms with Crippen LogP contribution in [-0.4, -0.2) is 45.6 Å². The molecule has 0 spiro atoms. The Morgan fingerprint density at radius 3 is 3.26 bits per heavy atom. The Morgan fingerprint density at radius 1 is 1.35 bits per heavy atom. The zero-order valence-electron chi connectivity index (χ0n) is 13.0. The third-order valence-corrected chi connectivity index (χ3v) is 5.06. The van der Waals surface area contributed by atoms with E-state index in [-0.39, 0.29) is 0 Å². The largest absolute Gasteiger partial charge is 0.380 e. The van der Waals surface area contributed by atoms with Crippen LogP contribution in [-0.2, 0) is 17.7 Å². The Morgan fingerprint density at radius 2 is 2.35 bits per heavy atom. The van der Waals surface area contributed by atoms with E-state index in [0.29, 0.717) is 5.92 Å². The van der Waals surface area contributed by atoms with Gasteiger partial charge in [0.05, 0.1) is 29.9 Å². The highest BCUT2D eigenvalue weighted by Gasteiger charge is 2.21. The Hall–Kier alpha value is -1.76. The van der Waals surface area contributed by atoms with E-state index in [4.69, 9.17) is 4.74 Å². The summed E-state index contributed by atoms with van der Waals surface area (Å²) in [5.41, 5.74) is 4.26. The van der Waals surface area contributed by atoms with Crippen LogP contribution in [0.1, 0.15) is 10.6 Å². The van der Waals surface area contributed by atoms with Crippen LogP contribution in [0.5, 0.6) is 0 Å². The second-order valence-corrected chi connectivity index (χ2v) is 6.99. The fraction of sp³-hybridized carbons (Fsp3) is 0.412. The van der Waals surface area contributed by atoms with Crippen molar-refractivity contribution in [1.82, 2.24) is 19.3 Å². The van der Waals surface area contributed by atoms with Crippen molar-refractivity contribution in [3.8, 4) is 0 Å². The van der Waals surface area contributed by atoms with Gasteiger partial charge in [-0.3, -0.25) is 14.9 Å². The van der Waals surface area contributed by atoms with Crippen molar-refractivity contribution in [2.75, 3.05) is 26.3 Å². The summed E-state index contributed by atoms with van der Waals surface area (Å²) in [6.07, 6.45) is 8.87. The molecule has 0 N–H and O–H groups in total. The normalized spacial score (nSPS) is 19.9. The van der Waals surface area contributed by atoms with Gasteiger partial charge >= 0.3 is 0 Å². The van der Waals surface area contributed by atoms with Crippen LogP contribution in [0.2, 0.25) is 0 Å². The summed E-state index contributed by atoms with van der Waals surface area (Å²) in [6, 6.07) is 4.20. The average molecular weight is 328 g/mol. The average Bonchev–Trinajstić information content (AvgIpc) is 3.18. The number of nitrogens with zero attached hydrogens (tertiary/aromatic N) is 4. The number of hydrogen-bond donors (Lipinski definition) is 0. The first-order valence-electron chi connectivity index (χ1n) is 7.96. The Kier molecular flexibility index (Phi) is 4.37. The van der Waals surface area contributed by atoms with Gasteiger partial charge in [-0.05, 0) is 18.6 Å². The molecule has 0 bridgehead atoms. The standard InChI is InChI=1S/C17H20N4OS/c1-2-17-16(19-3-5-21(17)4-1)8-14-10-20(6-7-22-12-14)11-15-9-18-13-23-15/h1-5,9,13-14H,6-8,10-12H2. The number of aromatic nitrogens is 3. The fourth-order valence-electron chi connectivity index (χ4n) is 3.22. The van der Waals surface area contributed by atoms with Gasteiger partial charge in [-0.1, -0.05) is 0 Å². The third kappa shape index (κ3) is 3.44. The molecular weight excluding hydrogens is 308 g/mol. The van der Waals surface area contributed by atoms with Gasteiger partial charge < -0.3 is 9.14 Å². The van der Waals surface area contributed by atoms with E-state index in [9.17, 15) is 0 Å². The van der Waals surface area contributed by atoms with E-state index in [1.807, 2.05) is 24.1 Å². The van der Waals surface area contributed by atoms with Crippen LogP contribution in [0, 0.1) is 5.92 Å². The molecule has 4 rings (SSSR count). The van der Waals surface area contributed by atoms with E-state index in [1.54, 1.807) is 11.3 Å². The van der Waals surface area contributed by atoms with Crippen LogP contribution in [0.25, 0.3) is 5.52 Å². The first kappa shape index (κ1) is 14.8. The summed E-state index contributed by atoms with van der Waals surface area (Å²) in [7, 11) is 0. The quantitative estimate of drug-likeness (QED) is 0.738. The zero-order chi connectivity index (χ0) is 15.5. The summed E-state index contributed by atoms with van der Waals surface area (Å²) in [5, 5.41) is 0. The summed E-state index contributed by atoms with van der Waals surface area (Å²) in [4.78, 5) is 12.6. The molecular formula is C17H20N4OS. The van der Waals surface area contributed by atoms with E-state index in [2.05, 4.69) is 37.6 Å². The molecule has 3 aromatic heterocycles. The predicted octanol–water partition coefficient (Wildman–Crippen LogP) is 2.48. The molecule has 0 aromatic carbocycles. The summed E-state index contributed by atoms with van der Waals surface area (Å²) in [6.45, 7) is 4.60. The van der Waals surface area contributed by atoms with Gasteiger partial charge in [-0.15, -0.1) is 11.3 Å². The molecule has 6 heteroatoms. The second kappa shape index (κ2) is 6.78. The number of rotatable bonds is 4. The van der Waals surface area contributed by atoms with Crippen molar-refractivity contribution in [2.45, 2.75) is 13.0 Å². The van der Waals surface area contributed by atoms with E-state index in [0.717, 1.165) is 45.0 Å². The molecule has 1 saturated heterocycles. The lowest BCUT2D eigenvalue weighted by Crippen LogP contribution is -2.30. The van der Waals surface area contributed by atoms with Gasteiger partial charge in [-0.25, -0.2) is 0 Å². The van der Waals surface area contributed by atoms with Gasteiger partial charge in [0.2, 0.25) is 0 Å². The van der Waals surface area contributed by atoms with Crippen molar-refractivity contribution in [1.29, 1.82) is 0 Å². The van der Waals surface area contributed by atoms with Crippen molar-refractivity contribution in [3.05, 3.63) is 53.0 Å². The summed E-state index contributed by atoms with van der Waals surface area (Å²) >= 11 is 1.72. The second-order valence-electron chi connectivity index (χ2n) is 6.02. The first-order chi connectivity index (χ1) is 11.4. The molecule has 4 heterocycles. The molecule has 1 aliphatic heterocycles. The van der Waals surface area contributed by atoms with E-state index >= 15 is 0 Å². The molecule has 1 fully saturated rings. The van der Waals surface area contributed by atoms with Crippen LogP contribution >= 0.6 is 11.3 Å². The molecule has 0 amide bonds. The van der Waals surface area contributed by atoms with Gasteiger partial charge in [0.15, 0.2) is 0 Å². The molecule has 3 aromatic rings. The van der Waals surface area contributed by atoms with Crippen LogP contribution < -0.4 is 0 Å². The molecule has 0 saturated carbocycles. The molecule has 1 atom stereocenters. The maximum atomic E-state index is 5.83. The van der Waals surface area contributed by atoms with Crippen LogP contribution in [0.3, 0.4) is 0 Å². The van der Waals surface area contributed by atoms with Crippen molar-refractivity contribution >= 4 is 16.9 Å². The zero-order valence-corrected chi connectivity index (χ0v) is 13.8. The third-order valence-electron chi connectivity index (χ3n) is 4.30. The maximum absolute atomic E-state index is 5.83. The maximum Gasteiger partial charge on any atom is 0.0794 e. The molecule has 5 nitrogen and oxygen atoms in total. The molecule has 0 aliphatic carbocycles. The summed E-state index contributed by atoms with van der Waals surface area (Å²) < 4.78 is 7.97. The summed E-state index contributed by atoms with van der Waals surface area (Å²) in [5.74, 6) is 0.471. The van der Waals surface area contributed by atoms with Crippen molar-refractivity contribution in [2.24, 2.45) is 5.92 Å². The van der Waals surface area contributed by atoms with Gasteiger partial charge in [-0.2, -0.15) is 0 Å². The molecule has 120 valence electrons. The Labute approximate surface area is 139 Å². The Balaban J connectivity index is 1.48. The number of ether oxygens (including phenoxy) is 1. The lowest BCUT2D eigenvalue weighted by Gasteiger charge is -2.22. The number of fused-ring (bicyclic) bond motifs is 1. The Bertz CT molecular complexity index is 755. The molecule has 1 unspecified atom stereocenters. The lowest BCUT2D eigenvalue weighted by molar-refractivity contribution is 0.121. The molecule has 0 radical (unpaired) electrons. The topological polar surface area (TPSA) is 42.7 Å². The van der Waals surface area contributed by atoms with Gasteiger partial charge in [0.25, 0.3) is 0 Å². The van der Waals surface area contributed by atoms with Crippen molar-refractivity contribution in [3.63, 3.8) is 0 Å². The molecule has 23 heavy (non-hydrogen) atoms. The number of hydrogen-bond acceptors (Lipinski definition) is 5. The monoisotopic (exact) mass is 328 g/mol. The number of thiazole rings is 1. The van der Waals surface area contributed by atoms with Crippen LogP contribution in [0.4, 0.5) is 0 Å². The minimum atomic E-state index is 0.471. The van der Waals surface area contributed by atoms with Crippen LogP contribution in [0.15, 0.2) is 42.4 Å². The first-order valence-corrected chi connectivity index (χ1v) is 8.84.